The summed E-state index contributed by atoms with van der Waals surface area (Å²) in [5.74, 6) is 0.667. The highest BCUT2D eigenvalue weighted by Gasteiger charge is 2.32. The molecular weight excluding hydrogens is 386 g/mol. The molecule has 0 aromatic carbocycles. The van der Waals surface area contributed by atoms with Crippen molar-refractivity contribution in [2.45, 2.75) is 44.4 Å². The number of amides is 1. The molecule has 0 saturated heterocycles. The third-order valence-corrected chi connectivity index (χ3v) is 7.66. The van der Waals surface area contributed by atoms with E-state index in [1.807, 2.05) is 0 Å². The number of aromatic nitrogens is 2. The Hall–Kier alpha value is -1.63. The van der Waals surface area contributed by atoms with Gasteiger partial charge in [-0.2, -0.15) is 5.26 Å². The van der Waals surface area contributed by atoms with Crippen molar-refractivity contribution >= 4 is 50.5 Å². The highest BCUT2D eigenvalue weighted by atomic mass is 32.2. The number of hydrogen-bond acceptors (Lipinski definition) is 8. The molecule has 0 saturated carbocycles. The molecule has 138 valence electrons. The van der Waals surface area contributed by atoms with Gasteiger partial charge in [0.15, 0.2) is 4.34 Å². The average molecular weight is 408 g/mol. The van der Waals surface area contributed by atoms with Crippen LogP contribution in [-0.4, -0.2) is 21.9 Å². The van der Waals surface area contributed by atoms with Gasteiger partial charge in [0.2, 0.25) is 11.0 Å². The maximum atomic E-state index is 12.3. The number of carbonyl (C=O) groups excluding carboxylic acids is 1. The molecule has 0 fully saturated rings. The molecule has 0 bridgehead atoms. The molecule has 2 aromatic heterocycles. The van der Waals surface area contributed by atoms with Crippen LogP contribution >= 0.6 is 34.4 Å². The summed E-state index contributed by atoms with van der Waals surface area (Å²) < 4.78 is 0.664. The van der Waals surface area contributed by atoms with E-state index < -0.39 is 0 Å². The van der Waals surface area contributed by atoms with Gasteiger partial charge in [-0.3, -0.25) is 4.79 Å². The Bertz CT molecular complexity index is 859. The van der Waals surface area contributed by atoms with Crippen LogP contribution in [0.3, 0.4) is 0 Å². The first-order valence-electron chi connectivity index (χ1n) is 8.34. The Morgan fingerprint density at radius 3 is 2.81 bits per heavy atom. The van der Waals surface area contributed by atoms with Crippen molar-refractivity contribution in [2.75, 3.05) is 16.8 Å². The lowest BCUT2D eigenvalue weighted by atomic mass is 9.72. The Kier molecular flexibility index (Phi) is 5.55. The summed E-state index contributed by atoms with van der Waals surface area (Å²) in [5, 5.41) is 21.2. The van der Waals surface area contributed by atoms with Crippen LogP contribution in [0.15, 0.2) is 4.34 Å². The van der Waals surface area contributed by atoms with Crippen molar-refractivity contribution in [3.63, 3.8) is 0 Å². The van der Waals surface area contributed by atoms with Crippen LogP contribution in [-0.2, 0) is 17.6 Å². The molecule has 1 amide bonds. The second-order valence-corrected chi connectivity index (χ2v) is 10.7. The monoisotopic (exact) mass is 407 g/mol. The SMILES string of the molecule is CC(C)(C)[C@H]1CCc2c(sc(NC(=O)CSc3nnc(N)s3)c2C#N)C1. The van der Waals surface area contributed by atoms with Gasteiger partial charge in [0.05, 0.1) is 11.3 Å². The molecule has 26 heavy (non-hydrogen) atoms. The second-order valence-electron chi connectivity index (χ2n) is 7.37. The number of nitriles is 1. The summed E-state index contributed by atoms with van der Waals surface area (Å²) in [7, 11) is 0. The lowest BCUT2D eigenvalue weighted by Gasteiger charge is -2.33. The molecule has 3 rings (SSSR count). The molecule has 6 nitrogen and oxygen atoms in total. The average Bonchev–Trinajstić information content (AvgIpc) is 3.14. The van der Waals surface area contributed by atoms with Gasteiger partial charge in [0.1, 0.15) is 11.1 Å². The molecule has 2 aromatic rings. The Labute approximate surface area is 165 Å². The summed E-state index contributed by atoms with van der Waals surface area (Å²) in [6.45, 7) is 6.80. The molecule has 0 unspecified atom stereocenters. The van der Waals surface area contributed by atoms with Gasteiger partial charge in [0, 0.05) is 4.88 Å². The van der Waals surface area contributed by atoms with E-state index in [0.29, 0.717) is 26.0 Å². The number of nitrogens with zero attached hydrogens (tertiary/aromatic N) is 3. The van der Waals surface area contributed by atoms with Crippen molar-refractivity contribution in [2.24, 2.45) is 11.3 Å². The van der Waals surface area contributed by atoms with E-state index in [9.17, 15) is 10.1 Å². The molecule has 3 N–H and O–H groups in total. The van der Waals surface area contributed by atoms with Crippen molar-refractivity contribution < 1.29 is 4.79 Å². The van der Waals surface area contributed by atoms with E-state index in [-0.39, 0.29) is 17.1 Å². The van der Waals surface area contributed by atoms with Crippen LogP contribution in [0.2, 0.25) is 0 Å². The van der Waals surface area contributed by atoms with Gasteiger partial charge in [0.25, 0.3) is 0 Å². The highest BCUT2D eigenvalue weighted by Crippen LogP contribution is 2.44. The van der Waals surface area contributed by atoms with Crippen molar-refractivity contribution in [3.8, 4) is 6.07 Å². The Morgan fingerprint density at radius 1 is 1.42 bits per heavy atom. The molecule has 2 heterocycles. The first kappa shape index (κ1) is 19.1. The standard InChI is InChI=1S/C17H21N5OS3/c1-17(2,3)9-4-5-10-11(7-18)14(25-12(10)6-9)20-13(23)8-24-16-22-21-15(19)26-16/h9H,4-6,8H2,1-3H3,(H2,19,21)(H,20,23)/t9-/m0/s1. The lowest BCUT2D eigenvalue weighted by molar-refractivity contribution is -0.113. The smallest absolute Gasteiger partial charge is 0.235 e. The Balaban J connectivity index is 1.70. The van der Waals surface area contributed by atoms with Crippen LogP contribution in [0.5, 0.6) is 0 Å². The number of nitrogens with two attached hydrogens (primary N) is 1. The maximum Gasteiger partial charge on any atom is 0.235 e. The summed E-state index contributed by atoms with van der Waals surface area (Å²) in [6.07, 6.45) is 2.97. The molecule has 9 heteroatoms. The van der Waals surface area contributed by atoms with Gasteiger partial charge in [-0.25, -0.2) is 0 Å². The summed E-state index contributed by atoms with van der Waals surface area (Å²) in [4.78, 5) is 13.5. The van der Waals surface area contributed by atoms with E-state index in [1.54, 1.807) is 11.3 Å². The minimum Gasteiger partial charge on any atom is -0.374 e. The molecule has 1 aliphatic rings. The van der Waals surface area contributed by atoms with Crippen LogP contribution in [0.4, 0.5) is 10.1 Å². The Morgan fingerprint density at radius 2 is 2.19 bits per heavy atom. The third-order valence-electron chi connectivity index (χ3n) is 4.60. The van der Waals surface area contributed by atoms with Gasteiger partial charge in [-0.15, -0.1) is 21.5 Å². The van der Waals surface area contributed by atoms with Crippen LogP contribution in [0, 0.1) is 22.7 Å². The molecule has 1 atom stereocenters. The molecule has 0 aliphatic heterocycles. The fourth-order valence-corrected chi connectivity index (χ4v) is 5.83. The van der Waals surface area contributed by atoms with E-state index >= 15 is 0 Å². The number of carbonyl (C=O) groups is 1. The van der Waals surface area contributed by atoms with Gasteiger partial charge in [-0.05, 0) is 36.2 Å². The summed E-state index contributed by atoms with van der Waals surface area (Å²) >= 11 is 4.10. The van der Waals surface area contributed by atoms with Crippen LogP contribution in [0.25, 0.3) is 0 Å². The van der Waals surface area contributed by atoms with Crippen molar-refractivity contribution in [1.82, 2.24) is 10.2 Å². The first-order chi connectivity index (χ1) is 12.3. The topological polar surface area (TPSA) is 105 Å². The largest absolute Gasteiger partial charge is 0.374 e. The first-order valence-corrected chi connectivity index (χ1v) is 11.0. The number of nitrogens with one attached hydrogen (secondary N) is 1. The predicted molar refractivity (Wildman–Crippen MR) is 108 cm³/mol. The highest BCUT2D eigenvalue weighted by molar-refractivity contribution is 8.01. The fourth-order valence-electron chi connectivity index (χ4n) is 3.10. The zero-order chi connectivity index (χ0) is 18.9. The number of rotatable bonds is 4. The minimum atomic E-state index is -0.147. The maximum absolute atomic E-state index is 12.3. The predicted octanol–water partition coefficient (Wildman–Crippen LogP) is 3.94. The number of thioether (sulfide) groups is 1. The number of anilines is 2. The van der Waals surface area contributed by atoms with Gasteiger partial charge < -0.3 is 11.1 Å². The summed E-state index contributed by atoms with van der Waals surface area (Å²) in [5.41, 5.74) is 7.55. The van der Waals surface area contributed by atoms with Crippen LogP contribution < -0.4 is 11.1 Å². The number of fused-ring (bicyclic) bond motifs is 1. The quantitative estimate of drug-likeness (QED) is 0.744. The summed E-state index contributed by atoms with van der Waals surface area (Å²) in [6, 6.07) is 2.29. The van der Waals surface area contributed by atoms with E-state index in [4.69, 9.17) is 5.73 Å². The second kappa shape index (κ2) is 7.55. The number of thiophene rings is 1. The van der Waals surface area contributed by atoms with Crippen molar-refractivity contribution in [1.29, 1.82) is 5.26 Å². The third kappa shape index (κ3) is 4.19. The minimum absolute atomic E-state index is 0.147. The molecule has 1 aliphatic carbocycles. The zero-order valence-electron chi connectivity index (χ0n) is 15.0. The fraction of sp³-hybridized carbons (Fsp3) is 0.529. The van der Waals surface area contributed by atoms with Gasteiger partial charge in [-0.1, -0.05) is 43.9 Å². The van der Waals surface area contributed by atoms with Crippen LogP contribution in [0.1, 0.15) is 43.2 Å². The van der Waals surface area contributed by atoms with E-state index in [0.717, 1.165) is 24.8 Å². The molecule has 0 spiro atoms. The van der Waals surface area contributed by atoms with Gasteiger partial charge >= 0.3 is 0 Å². The molecule has 0 radical (unpaired) electrons. The molecular formula is C17H21N5OS3. The van der Waals surface area contributed by atoms with Crippen molar-refractivity contribution in [3.05, 3.63) is 16.0 Å². The lowest BCUT2D eigenvalue weighted by Crippen LogP contribution is -2.26. The zero-order valence-corrected chi connectivity index (χ0v) is 17.4. The van der Waals surface area contributed by atoms with E-state index in [2.05, 4.69) is 42.4 Å². The van der Waals surface area contributed by atoms with E-state index in [1.165, 1.54) is 28.0 Å². The number of hydrogen-bond donors (Lipinski definition) is 2. The number of nitrogen functional groups attached to an aromatic ring is 1. The normalized spacial score (nSPS) is 16.8.